The maximum atomic E-state index is 14.1. The van der Waals surface area contributed by atoms with Gasteiger partial charge in [-0.15, -0.1) is 0 Å². The van der Waals surface area contributed by atoms with Gasteiger partial charge in [0.05, 0.1) is 25.2 Å². The molecular weight excluding hydrogens is 971 g/mol. The smallest absolute Gasteiger partial charge is 0.328 e. The van der Waals surface area contributed by atoms with E-state index in [-0.39, 0.29) is 50.4 Å². The highest BCUT2D eigenvalue weighted by atomic mass is 32.1. The number of amides is 10. The van der Waals surface area contributed by atoms with E-state index in [1.807, 2.05) is 0 Å². The minimum Gasteiger partial charge on any atom is -0.480 e. The van der Waals surface area contributed by atoms with Crippen molar-refractivity contribution in [3.63, 3.8) is 0 Å². The predicted molar refractivity (Wildman–Crippen MR) is 259 cm³/mol. The third-order valence-corrected chi connectivity index (χ3v) is 10.9. The zero-order valence-corrected chi connectivity index (χ0v) is 40.5. The number of aliphatic carboxylic acids is 1. The highest BCUT2D eigenvalue weighted by molar-refractivity contribution is 7.80. The van der Waals surface area contributed by atoms with Crippen LogP contribution in [0.15, 0.2) is 35.5 Å². The van der Waals surface area contributed by atoms with Crippen LogP contribution in [0.1, 0.15) is 58.4 Å². The van der Waals surface area contributed by atoms with Gasteiger partial charge in [0.1, 0.15) is 42.3 Å². The number of nitrogens with one attached hydrogen (secondary N) is 9. The van der Waals surface area contributed by atoms with Crippen molar-refractivity contribution in [2.75, 3.05) is 18.9 Å². The molecule has 0 unspecified atom stereocenters. The Morgan fingerprint density at radius 2 is 1.17 bits per heavy atom. The summed E-state index contributed by atoms with van der Waals surface area (Å²) in [7, 11) is 0. The van der Waals surface area contributed by atoms with Gasteiger partial charge < -0.3 is 91.5 Å². The molecule has 0 bridgehead atoms. The predicted octanol–water partition coefficient (Wildman–Crippen LogP) is -7.46. The number of aromatic amines is 1. The fraction of sp³-hybridized carbons (Fsp3) is 0.524. The lowest BCUT2D eigenvalue weighted by Gasteiger charge is -2.26. The molecule has 72 heavy (non-hydrogen) atoms. The van der Waals surface area contributed by atoms with E-state index >= 15 is 0 Å². The fourth-order valence-corrected chi connectivity index (χ4v) is 6.81. The number of H-pyrrole nitrogens is 1. The molecule has 398 valence electrons. The number of nitrogens with zero attached hydrogens (tertiary/aromatic N) is 1. The largest absolute Gasteiger partial charge is 0.480 e. The summed E-state index contributed by atoms with van der Waals surface area (Å²) < 4.78 is 0. The Kier molecular flexibility index (Phi) is 24.9. The Balaban J connectivity index is 2.30. The van der Waals surface area contributed by atoms with Crippen LogP contribution in [0.2, 0.25) is 0 Å². The molecule has 1 heterocycles. The van der Waals surface area contributed by atoms with Crippen LogP contribution in [0.5, 0.6) is 0 Å². The fourth-order valence-electron chi connectivity index (χ4n) is 6.55. The topological polar surface area (TPSA) is 503 Å². The first-order chi connectivity index (χ1) is 33.8. The molecular formula is C42H65N15O14S. The Labute approximate surface area is 417 Å². The summed E-state index contributed by atoms with van der Waals surface area (Å²) in [5.41, 5.74) is 28.1. The molecule has 0 fully saturated rings. The summed E-state index contributed by atoms with van der Waals surface area (Å²) in [6, 6.07) is -6.90. The number of carbonyl (C=O) groups is 11. The molecule has 0 radical (unpaired) electrons. The lowest BCUT2D eigenvalue weighted by Crippen LogP contribution is -2.61. The number of thiol groups is 1. The van der Waals surface area contributed by atoms with Gasteiger partial charge in [-0.25, -0.2) is 4.79 Å². The number of aliphatic hydroxyl groups is 2. The second-order valence-corrected chi connectivity index (χ2v) is 16.9. The molecule has 2 aromatic rings. The van der Waals surface area contributed by atoms with Crippen LogP contribution in [-0.2, 0) is 59.2 Å². The van der Waals surface area contributed by atoms with Crippen LogP contribution in [0.4, 0.5) is 0 Å². The van der Waals surface area contributed by atoms with Crippen molar-refractivity contribution in [2.24, 2.45) is 33.7 Å². The number of para-hydroxylation sites is 1. The summed E-state index contributed by atoms with van der Waals surface area (Å²) in [4.78, 5) is 149. The Morgan fingerprint density at radius 1 is 0.653 bits per heavy atom. The number of nitrogens with two attached hydrogens (primary N) is 5. The minimum absolute atomic E-state index is 0.000733. The molecule has 0 aliphatic carbocycles. The van der Waals surface area contributed by atoms with Gasteiger partial charge in [0.25, 0.3) is 0 Å². The van der Waals surface area contributed by atoms with Crippen molar-refractivity contribution in [1.82, 2.24) is 47.5 Å². The van der Waals surface area contributed by atoms with Crippen molar-refractivity contribution >= 4 is 94.5 Å². The highest BCUT2D eigenvalue weighted by Crippen LogP contribution is 2.19. The van der Waals surface area contributed by atoms with Gasteiger partial charge in [-0.2, -0.15) is 12.6 Å². The molecule has 22 N–H and O–H groups in total. The number of carbonyl (C=O) groups excluding carboxylic acids is 10. The zero-order valence-electron chi connectivity index (χ0n) is 39.6. The van der Waals surface area contributed by atoms with Crippen LogP contribution in [-0.4, -0.2) is 171 Å². The van der Waals surface area contributed by atoms with E-state index < -0.39 is 139 Å². The molecule has 0 saturated heterocycles. The lowest BCUT2D eigenvalue weighted by molar-refractivity contribution is -0.145. The number of hydrogen-bond donors (Lipinski definition) is 18. The number of guanidine groups is 1. The second-order valence-electron chi connectivity index (χ2n) is 16.5. The number of rotatable bonds is 31. The molecule has 29 nitrogen and oxygen atoms in total. The number of aromatic nitrogens is 1. The van der Waals surface area contributed by atoms with E-state index in [0.29, 0.717) is 16.5 Å². The summed E-state index contributed by atoms with van der Waals surface area (Å²) >= 11 is 4.17. The normalized spacial score (nSPS) is 15.2. The van der Waals surface area contributed by atoms with E-state index in [1.165, 1.54) is 13.8 Å². The average Bonchev–Trinajstić information content (AvgIpc) is 3.72. The number of aliphatic imine (C=N–C) groups is 1. The van der Waals surface area contributed by atoms with Gasteiger partial charge in [0.15, 0.2) is 12.0 Å². The highest BCUT2D eigenvalue weighted by Gasteiger charge is 2.35. The first kappa shape index (κ1) is 60.6. The van der Waals surface area contributed by atoms with Gasteiger partial charge in [-0.1, -0.05) is 18.2 Å². The van der Waals surface area contributed by atoms with E-state index in [9.17, 15) is 68.1 Å². The number of fused-ring (bicyclic) bond motifs is 1. The third-order valence-electron chi connectivity index (χ3n) is 10.6. The molecule has 2 rings (SSSR count). The van der Waals surface area contributed by atoms with E-state index in [0.717, 1.165) is 6.92 Å². The van der Waals surface area contributed by atoms with Gasteiger partial charge in [-0.3, -0.25) is 52.9 Å². The number of primary amides is 2. The molecule has 0 saturated carbocycles. The third kappa shape index (κ3) is 20.0. The van der Waals surface area contributed by atoms with Crippen LogP contribution in [0.25, 0.3) is 10.9 Å². The summed E-state index contributed by atoms with van der Waals surface area (Å²) in [6.45, 7) is 2.48. The summed E-state index contributed by atoms with van der Waals surface area (Å²) in [5.74, 6) is -12.1. The Hall–Kier alpha value is -7.57. The minimum atomic E-state index is -1.85. The number of carboxylic acid groups (broad SMARTS) is 1. The summed E-state index contributed by atoms with van der Waals surface area (Å²) in [5, 5.41) is 48.6. The zero-order chi connectivity index (χ0) is 54.4. The standard InChI is InChI=1S/C42H65N15O14S/c1-18(50-35(64)23(43)10-11-30(44)60)34(63)56-29(17-72)40(69)53-26(13-21-15-49-24-8-5-4-7-22(21)24)37(66)54-27(14-31(45)61)38(67)55-28(16-58)39(68)51-19(2)33(62)52-25(9-6-12-48-42(46)47)36(65)57-32(20(3)59)41(70)71/h4-5,7-8,15,18-20,23,25-29,32,49,58-59,72H,6,9-14,16-17,43H2,1-3H3,(H2,44,60)(H2,45,61)(H,50,64)(H,51,68)(H,52,62)(H,53,69)(H,54,66)(H,55,67)(H,56,63)(H,57,65)(H,70,71)(H4,46,47,48)/t18-,19-,20+,23-,25-,26-,27-,28-,29-,32-/m0/s1. The quantitative estimate of drug-likeness (QED) is 0.0144. The molecule has 1 aromatic carbocycles. The molecule has 0 aliphatic heterocycles. The second kappa shape index (κ2) is 29.6. The maximum absolute atomic E-state index is 14.1. The van der Waals surface area contributed by atoms with Crippen LogP contribution < -0.4 is 71.2 Å². The SMILES string of the molecule is C[C@H](NC(=O)[C@H](CO)NC(=O)[C@H](CC(N)=O)NC(=O)[C@H](Cc1c[nH]c2ccccc12)NC(=O)[C@H](CS)NC(=O)[C@H](C)NC(=O)[C@@H](N)CCC(N)=O)C(=O)N[C@@H](CCCN=C(N)N)C(=O)N[C@H](C(=O)O)[C@@H](C)O. The van der Waals surface area contributed by atoms with E-state index in [4.69, 9.17) is 28.7 Å². The van der Waals surface area contributed by atoms with Crippen molar-refractivity contribution in [3.05, 3.63) is 36.0 Å². The maximum Gasteiger partial charge on any atom is 0.328 e. The monoisotopic (exact) mass is 1040 g/mol. The lowest BCUT2D eigenvalue weighted by atomic mass is 10.0. The average molecular weight is 1040 g/mol. The Morgan fingerprint density at radius 3 is 1.72 bits per heavy atom. The number of aliphatic hydroxyl groups excluding tert-OH is 2. The van der Waals surface area contributed by atoms with Gasteiger partial charge in [0, 0.05) is 42.2 Å². The van der Waals surface area contributed by atoms with E-state index in [1.54, 1.807) is 30.5 Å². The van der Waals surface area contributed by atoms with Gasteiger partial charge >= 0.3 is 5.97 Å². The van der Waals surface area contributed by atoms with Gasteiger partial charge in [-0.05, 0) is 51.7 Å². The molecule has 30 heteroatoms. The Bertz CT molecular complexity index is 2310. The molecule has 0 spiro atoms. The molecule has 10 amide bonds. The number of carboxylic acids is 1. The molecule has 1 aromatic heterocycles. The number of benzene rings is 1. The van der Waals surface area contributed by atoms with Crippen molar-refractivity contribution in [3.8, 4) is 0 Å². The van der Waals surface area contributed by atoms with Gasteiger partial charge in [0.2, 0.25) is 59.1 Å². The first-order valence-corrected chi connectivity index (χ1v) is 22.9. The van der Waals surface area contributed by atoms with Crippen molar-refractivity contribution < 1.29 is 68.1 Å². The first-order valence-electron chi connectivity index (χ1n) is 22.3. The molecule has 10 atom stereocenters. The van der Waals surface area contributed by atoms with Crippen LogP contribution in [0.3, 0.4) is 0 Å². The van der Waals surface area contributed by atoms with Crippen LogP contribution in [0, 0.1) is 0 Å². The van der Waals surface area contributed by atoms with E-state index in [2.05, 4.69) is 65.1 Å². The summed E-state index contributed by atoms with van der Waals surface area (Å²) in [6.07, 6.45) is -1.45. The van der Waals surface area contributed by atoms with Crippen molar-refractivity contribution in [2.45, 2.75) is 120 Å². The van der Waals surface area contributed by atoms with Crippen molar-refractivity contribution in [1.29, 1.82) is 0 Å². The number of hydrogen-bond acceptors (Lipinski definition) is 16. The molecule has 0 aliphatic rings. The van der Waals surface area contributed by atoms with Crippen LogP contribution >= 0.6 is 12.6 Å².